The Morgan fingerprint density at radius 1 is 1.64 bits per heavy atom. The predicted molar refractivity (Wildman–Crippen MR) is 53.2 cm³/mol. The van der Waals surface area contributed by atoms with Gasteiger partial charge in [-0.05, 0) is 19.2 Å². The molecule has 0 amide bonds. The summed E-state index contributed by atoms with van der Waals surface area (Å²) in [5.41, 5.74) is 0.471. The van der Waals surface area contributed by atoms with Crippen LogP contribution in [0.15, 0.2) is 18.2 Å². The number of ether oxygens (including phenoxy) is 1. The first-order valence-corrected chi connectivity index (χ1v) is 4.63. The average molecular weight is 196 g/mol. The summed E-state index contributed by atoms with van der Waals surface area (Å²) in [4.78, 5) is 0. The van der Waals surface area contributed by atoms with Crippen LogP contribution in [0.4, 0.5) is 10.1 Å². The van der Waals surface area contributed by atoms with Gasteiger partial charge >= 0.3 is 0 Å². The highest BCUT2D eigenvalue weighted by Crippen LogP contribution is 2.30. The van der Waals surface area contributed by atoms with Crippen LogP contribution >= 0.6 is 0 Å². The average Bonchev–Trinajstić information content (AvgIpc) is 2.20. The Morgan fingerprint density at radius 2 is 2.50 bits per heavy atom. The molecule has 0 fully saturated rings. The van der Waals surface area contributed by atoms with E-state index in [2.05, 4.69) is 10.6 Å². The number of hydrogen-bond donors (Lipinski definition) is 2. The molecule has 0 aromatic heterocycles. The van der Waals surface area contributed by atoms with Crippen molar-refractivity contribution in [3.8, 4) is 5.75 Å². The second kappa shape index (κ2) is 3.84. The highest BCUT2D eigenvalue weighted by Gasteiger charge is 2.20. The van der Waals surface area contributed by atoms with E-state index in [0.29, 0.717) is 18.0 Å². The lowest BCUT2D eigenvalue weighted by molar-refractivity contribution is 0.280. The number of para-hydroxylation sites is 1. The topological polar surface area (TPSA) is 33.3 Å². The van der Waals surface area contributed by atoms with E-state index in [1.165, 1.54) is 6.07 Å². The lowest BCUT2D eigenvalue weighted by Gasteiger charge is -2.27. The van der Waals surface area contributed by atoms with Crippen molar-refractivity contribution >= 4 is 5.69 Å². The molecule has 1 atom stereocenters. The minimum absolute atomic E-state index is 0.129. The summed E-state index contributed by atoms with van der Waals surface area (Å²) in [5.74, 6) is 0.334. The molecule has 1 heterocycles. The van der Waals surface area contributed by atoms with Gasteiger partial charge in [-0.3, -0.25) is 0 Å². The van der Waals surface area contributed by atoms with Crippen molar-refractivity contribution in [2.75, 3.05) is 25.5 Å². The molecule has 3 nitrogen and oxygen atoms in total. The monoisotopic (exact) mass is 196 g/mol. The number of anilines is 1. The molecule has 0 radical (unpaired) electrons. The van der Waals surface area contributed by atoms with Gasteiger partial charge in [0.1, 0.15) is 23.9 Å². The van der Waals surface area contributed by atoms with E-state index in [9.17, 15) is 4.39 Å². The first kappa shape index (κ1) is 9.27. The van der Waals surface area contributed by atoms with Crippen molar-refractivity contribution in [3.63, 3.8) is 0 Å². The summed E-state index contributed by atoms with van der Waals surface area (Å²) in [5, 5.41) is 6.13. The molecule has 1 aromatic rings. The molecule has 2 rings (SSSR count). The highest BCUT2D eigenvalue weighted by atomic mass is 19.1. The normalized spacial score (nSPS) is 19.4. The third kappa shape index (κ3) is 1.65. The molecule has 0 bridgehead atoms. The van der Waals surface area contributed by atoms with E-state index in [1.54, 1.807) is 12.1 Å². The molecule has 76 valence electrons. The number of halogens is 1. The Balaban J connectivity index is 2.20. The highest BCUT2D eigenvalue weighted by molar-refractivity contribution is 5.59. The predicted octanol–water partition coefficient (Wildman–Crippen LogP) is 1.22. The summed E-state index contributed by atoms with van der Waals surface area (Å²) in [6, 6.07) is 4.97. The molecule has 1 aliphatic heterocycles. The Labute approximate surface area is 82.3 Å². The quantitative estimate of drug-likeness (QED) is 0.746. The van der Waals surface area contributed by atoms with E-state index in [0.717, 1.165) is 6.54 Å². The zero-order chi connectivity index (χ0) is 9.97. The van der Waals surface area contributed by atoms with Crippen LogP contribution in [0.1, 0.15) is 0 Å². The number of likely N-dealkylation sites (N-methyl/N-ethyl adjacent to an activating group) is 1. The van der Waals surface area contributed by atoms with Gasteiger partial charge in [-0.15, -0.1) is 0 Å². The summed E-state index contributed by atoms with van der Waals surface area (Å²) >= 11 is 0. The molecule has 0 saturated heterocycles. The molecule has 1 aliphatic rings. The lowest BCUT2D eigenvalue weighted by Crippen LogP contribution is -2.39. The molecule has 2 N–H and O–H groups in total. The molecule has 14 heavy (non-hydrogen) atoms. The van der Waals surface area contributed by atoms with Crippen LogP contribution < -0.4 is 15.4 Å². The maximum Gasteiger partial charge on any atom is 0.150 e. The van der Waals surface area contributed by atoms with E-state index in [1.807, 2.05) is 7.05 Å². The second-order valence-corrected chi connectivity index (χ2v) is 3.32. The number of nitrogens with one attached hydrogen (secondary N) is 2. The molecule has 0 spiro atoms. The van der Waals surface area contributed by atoms with E-state index in [-0.39, 0.29) is 11.9 Å². The summed E-state index contributed by atoms with van der Waals surface area (Å²) in [6.45, 7) is 1.32. The molecular weight excluding hydrogens is 183 g/mol. The first-order valence-electron chi connectivity index (χ1n) is 4.63. The second-order valence-electron chi connectivity index (χ2n) is 3.32. The first-order chi connectivity index (χ1) is 6.81. The number of hydrogen-bond acceptors (Lipinski definition) is 3. The zero-order valence-corrected chi connectivity index (χ0v) is 8.01. The Hall–Kier alpha value is -1.29. The van der Waals surface area contributed by atoms with Crippen LogP contribution in [-0.4, -0.2) is 26.2 Å². The molecule has 1 aromatic carbocycles. The number of fused-ring (bicyclic) bond motifs is 1. The molecule has 1 unspecified atom stereocenters. The van der Waals surface area contributed by atoms with Crippen molar-refractivity contribution in [3.05, 3.63) is 24.0 Å². The summed E-state index contributed by atoms with van der Waals surface area (Å²) < 4.78 is 18.7. The summed E-state index contributed by atoms with van der Waals surface area (Å²) in [7, 11) is 1.86. The van der Waals surface area contributed by atoms with E-state index in [4.69, 9.17) is 4.74 Å². The smallest absolute Gasteiger partial charge is 0.150 e. The SMILES string of the molecule is CNCC1COc2cccc(F)c2N1. The number of benzene rings is 1. The van der Waals surface area contributed by atoms with Crippen LogP contribution in [0.3, 0.4) is 0 Å². The van der Waals surface area contributed by atoms with Crippen molar-refractivity contribution in [1.82, 2.24) is 5.32 Å². The van der Waals surface area contributed by atoms with Crippen LogP contribution in [0, 0.1) is 5.82 Å². The van der Waals surface area contributed by atoms with Crippen LogP contribution in [0.5, 0.6) is 5.75 Å². The zero-order valence-electron chi connectivity index (χ0n) is 8.01. The van der Waals surface area contributed by atoms with Crippen molar-refractivity contribution < 1.29 is 9.13 Å². The van der Waals surface area contributed by atoms with Gasteiger partial charge in [0.15, 0.2) is 0 Å². The largest absolute Gasteiger partial charge is 0.489 e. The van der Waals surface area contributed by atoms with Gasteiger partial charge in [-0.1, -0.05) is 6.07 Å². The fourth-order valence-corrected chi connectivity index (χ4v) is 1.56. The van der Waals surface area contributed by atoms with Crippen molar-refractivity contribution in [1.29, 1.82) is 0 Å². The van der Waals surface area contributed by atoms with Gasteiger partial charge in [0, 0.05) is 6.54 Å². The fraction of sp³-hybridized carbons (Fsp3) is 0.400. The van der Waals surface area contributed by atoms with Crippen LogP contribution in [-0.2, 0) is 0 Å². The van der Waals surface area contributed by atoms with E-state index < -0.39 is 0 Å². The maximum atomic E-state index is 13.3. The Bertz CT molecular complexity index is 330. The third-order valence-corrected chi connectivity index (χ3v) is 2.21. The van der Waals surface area contributed by atoms with Gasteiger partial charge in [-0.2, -0.15) is 0 Å². The van der Waals surface area contributed by atoms with Gasteiger partial charge in [0.25, 0.3) is 0 Å². The van der Waals surface area contributed by atoms with Crippen molar-refractivity contribution in [2.24, 2.45) is 0 Å². The van der Waals surface area contributed by atoms with Crippen LogP contribution in [0.2, 0.25) is 0 Å². The molecular formula is C10H13FN2O. The molecule has 0 saturated carbocycles. The van der Waals surface area contributed by atoms with Crippen LogP contribution in [0.25, 0.3) is 0 Å². The van der Waals surface area contributed by atoms with Gasteiger partial charge in [0.05, 0.1) is 6.04 Å². The van der Waals surface area contributed by atoms with Crippen molar-refractivity contribution in [2.45, 2.75) is 6.04 Å². The minimum atomic E-state index is -0.261. The summed E-state index contributed by atoms with van der Waals surface area (Å²) in [6.07, 6.45) is 0. The lowest BCUT2D eigenvalue weighted by atomic mass is 10.2. The molecule has 4 heteroatoms. The van der Waals surface area contributed by atoms with Gasteiger partial charge in [-0.25, -0.2) is 4.39 Å². The fourth-order valence-electron chi connectivity index (χ4n) is 1.56. The minimum Gasteiger partial charge on any atom is -0.489 e. The number of rotatable bonds is 2. The Morgan fingerprint density at radius 3 is 3.29 bits per heavy atom. The van der Waals surface area contributed by atoms with E-state index >= 15 is 0 Å². The van der Waals surface area contributed by atoms with Gasteiger partial charge in [0.2, 0.25) is 0 Å². The molecule has 0 aliphatic carbocycles. The standard InChI is InChI=1S/C10H13FN2O/c1-12-5-7-6-14-9-4-2-3-8(11)10(9)13-7/h2-4,7,12-13H,5-6H2,1H3. The Kier molecular flexibility index (Phi) is 2.54. The van der Waals surface area contributed by atoms with Gasteiger partial charge < -0.3 is 15.4 Å². The third-order valence-electron chi connectivity index (χ3n) is 2.21. The maximum absolute atomic E-state index is 13.3.